The molecule has 14 aromatic rings. The molecule has 0 aliphatic rings. The third-order valence-electron chi connectivity index (χ3n) is 16.6. The number of nitrogens with one attached hydrogen (secondary N) is 2. The topological polar surface area (TPSA) is 392 Å². The van der Waals surface area contributed by atoms with Crippen molar-refractivity contribution in [1.82, 2.24) is 39.0 Å². The first kappa shape index (κ1) is 95.0. The van der Waals surface area contributed by atoms with Crippen molar-refractivity contribution < 1.29 is 115 Å². The van der Waals surface area contributed by atoms with Gasteiger partial charge in [-0.15, -0.1) is 0 Å². The van der Waals surface area contributed by atoms with Crippen molar-refractivity contribution >= 4 is 103 Å². The van der Waals surface area contributed by atoms with Gasteiger partial charge >= 0.3 is 23.0 Å². The summed E-state index contributed by atoms with van der Waals surface area (Å²) in [5.74, 6) is -2.10. The minimum Gasteiger partial charge on any atom is -0.493 e. The molecule has 0 aliphatic carbocycles. The van der Waals surface area contributed by atoms with E-state index in [2.05, 4.69) is 45.8 Å². The van der Waals surface area contributed by atoms with Gasteiger partial charge in [-0.2, -0.15) is 3.89 Å². The number of aromatic amines is 2. The molecular formula is C80H80BrF4N8O21S4W-. The molecule has 39 heteroatoms. The van der Waals surface area contributed by atoms with E-state index in [0.29, 0.717) is 127 Å². The van der Waals surface area contributed by atoms with Crippen molar-refractivity contribution in [2.45, 2.75) is 39.0 Å². The summed E-state index contributed by atoms with van der Waals surface area (Å²) in [6, 6.07) is 37.8. The van der Waals surface area contributed by atoms with Crippen molar-refractivity contribution in [3.63, 3.8) is 0 Å². The average molecular weight is 1960 g/mol. The van der Waals surface area contributed by atoms with Crippen LogP contribution in [0.1, 0.15) is 55.6 Å². The Morgan fingerprint density at radius 3 is 1.13 bits per heavy atom. The Morgan fingerprint density at radius 2 is 0.782 bits per heavy atom. The molecule has 0 spiro atoms. The fourth-order valence-corrected chi connectivity index (χ4v) is 14.6. The second-order valence-corrected chi connectivity index (χ2v) is 32.9. The van der Waals surface area contributed by atoms with Gasteiger partial charge in [0.1, 0.15) is 47.0 Å². The van der Waals surface area contributed by atoms with E-state index in [1.165, 1.54) is 85.6 Å². The number of fused-ring (bicyclic) bond motifs is 4. The number of aromatic nitrogens is 8. The number of oxazole rings is 4. The Morgan fingerprint density at radius 1 is 0.462 bits per heavy atom. The number of hydrogen-bond acceptors (Lipinski definition) is 26. The van der Waals surface area contributed by atoms with Crippen LogP contribution < -0.4 is 51.4 Å². The Balaban J connectivity index is 0.000000213. The zero-order chi connectivity index (χ0) is 85.1. The second kappa shape index (κ2) is 43.0. The van der Waals surface area contributed by atoms with Gasteiger partial charge < -0.3 is 58.6 Å². The molecule has 0 aliphatic heterocycles. The number of H-pyrrole nitrogens is 2. The SMILES string of the molecule is CCOc1cc(C(CS(C)(=O)=O)n2c(=O)oc3cc(-c4ccccc4F)cnc32)ccc1OC.CCOc1cc(C(CS(C)(=O)=O)n2c(=O)oc3cc(-c4ccccc4F)cnc32)ccc1OC.CCOc1cc(C(O)CS(C)(=O)=O)ccc1OC.CSF.O=c1[nH]c2ncc(-c3ccccc3F)cc2o1.O=c1[nH]c2ncc(Br)cc2o1.[CH3-].[W]. The van der Waals surface area contributed by atoms with Crippen molar-refractivity contribution in [3.8, 4) is 67.9 Å². The number of sulfone groups is 3. The van der Waals surface area contributed by atoms with Crippen LogP contribution >= 0.6 is 28.1 Å². The van der Waals surface area contributed by atoms with Crippen LogP contribution in [0.3, 0.4) is 0 Å². The number of rotatable bonds is 23. The Kier molecular flexibility index (Phi) is 34.3. The van der Waals surface area contributed by atoms with Crippen LogP contribution in [0.25, 0.3) is 78.3 Å². The molecule has 8 aromatic heterocycles. The Hall–Kier alpha value is -11.2. The van der Waals surface area contributed by atoms with Crippen LogP contribution in [-0.4, -0.2) is 153 Å². The standard InChI is InChI=1S/2C24H23FN2O6S.C12H7FN2O2.C12H18O5S.C6H3BrN2O2.CH3FS.CH3.W/c2*1-4-32-21-11-15(9-10-20(21)31-2)19(14-34(3,29)30)27-23-22(33-24(27)28)12-16(13-26-23)17-7-5-6-8-18(17)25;13-9-4-2-1-3-8(9)7-5-10-11(14-6-7)15-12(16)17-10;1-4-17-12-7-9(5-6-11(12)16-2)10(13)8-18(3,14)15;7-3-1-4-5(8-2-3)9-6(10)11-4;1-3-2;;/h2*5-13,19H,4,14H2,1-3H3;1-6H,(H,14,15,16);5-7,10,13H,4,8H2,1-3H3;1-2H,(H,8,9,10);1H3;1H3;/q;;;;;;-1;. The summed E-state index contributed by atoms with van der Waals surface area (Å²) in [7, 11) is -5.79. The van der Waals surface area contributed by atoms with Crippen LogP contribution in [0.15, 0.2) is 218 Å². The van der Waals surface area contributed by atoms with Crippen molar-refractivity contribution in [2.75, 3.05) is 83.4 Å². The monoisotopic (exact) mass is 1960 g/mol. The molecule has 0 fully saturated rings. The molecule has 0 saturated carbocycles. The van der Waals surface area contributed by atoms with E-state index >= 15 is 0 Å². The number of halogens is 5. The summed E-state index contributed by atoms with van der Waals surface area (Å²) in [5, 5.41) is 9.84. The quantitative estimate of drug-likeness (QED) is 0.0395. The normalized spacial score (nSPS) is 11.9. The summed E-state index contributed by atoms with van der Waals surface area (Å²) in [4.78, 5) is 68.9. The summed E-state index contributed by atoms with van der Waals surface area (Å²) < 4.78 is 180. The predicted octanol–water partition coefficient (Wildman–Crippen LogP) is 14.1. The third-order valence-corrected chi connectivity index (χ3v) is 19.8. The number of methoxy groups -OCH3 is 3. The van der Waals surface area contributed by atoms with E-state index in [1.807, 2.05) is 20.8 Å². The number of aliphatic hydroxyl groups excluding tert-OH is 1. The largest absolute Gasteiger partial charge is 0.493 e. The number of pyridine rings is 4. The van der Waals surface area contributed by atoms with Gasteiger partial charge in [0.15, 0.2) is 79.4 Å². The molecule has 632 valence electrons. The molecule has 3 N–H and O–H groups in total. The number of hydrogen-bond donors (Lipinski definition) is 3. The maximum absolute atomic E-state index is 14.2. The van der Waals surface area contributed by atoms with Gasteiger partial charge in [0, 0.05) is 127 Å². The van der Waals surface area contributed by atoms with Gasteiger partial charge in [0.25, 0.3) is 0 Å². The second-order valence-electron chi connectivity index (χ2n) is 25.1. The molecule has 8 heterocycles. The van der Waals surface area contributed by atoms with E-state index in [9.17, 15) is 66.6 Å². The van der Waals surface area contributed by atoms with Crippen LogP contribution in [0.2, 0.25) is 0 Å². The van der Waals surface area contributed by atoms with Crippen molar-refractivity contribution in [3.05, 3.63) is 265 Å². The van der Waals surface area contributed by atoms with E-state index in [0.717, 1.165) is 23.2 Å². The van der Waals surface area contributed by atoms with E-state index in [1.54, 1.807) is 128 Å². The zero-order valence-electron chi connectivity index (χ0n) is 65.4. The molecule has 3 atom stereocenters. The fraction of sp³-hybridized carbons (Fsp3) is 0.237. The molecule has 3 unspecified atom stereocenters. The van der Waals surface area contributed by atoms with Gasteiger partial charge in [-0.1, -0.05) is 72.8 Å². The molecular weight excluding hydrogens is 1880 g/mol. The summed E-state index contributed by atoms with van der Waals surface area (Å²) >= 11 is 3.45. The fourth-order valence-electron chi connectivity index (χ4n) is 11.7. The number of ether oxygens (including phenoxy) is 6. The van der Waals surface area contributed by atoms with E-state index in [-0.39, 0.29) is 86.2 Å². The molecule has 14 rings (SSSR count). The van der Waals surface area contributed by atoms with Crippen LogP contribution in [-0.2, 0) is 50.6 Å². The number of benzene rings is 6. The molecule has 119 heavy (non-hydrogen) atoms. The van der Waals surface area contributed by atoms with Crippen molar-refractivity contribution in [1.29, 1.82) is 0 Å². The van der Waals surface area contributed by atoms with Crippen LogP contribution in [0, 0.1) is 24.9 Å². The molecule has 0 radical (unpaired) electrons. The summed E-state index contributed by atoms with van der Waals surface area (Å²) in [6.07, 6.45) is 9.49. The maximum Gasteiger partial charge on any atom is 0.421 e. The minimum absolute atomic E-state index is 0. The van der Waals surface area contributed by atoms with Gasteiger partial charge in [-0.25, -0.2) is 86.7 Å². The maximum atomic E-state index is 14.2. The first-order valence-electron chi connectivity index (χ1n) is 34.9. The van der Waals surface area contributed by atoms with Gasteiger partial charge in [0.05, 0.1) is 76.6 Å². The third kappa shape index (κ3) is 25.4. The van der Waals surface area contributed by atoms with Gasteiger partial charge in [-0.05, 0) is 126 Å². The zero-order valence-corrected chi connectivity index (χ0v) is 73.2. The molecule has 0 saturated heterocycles. The van der Waals surface area contributed by atoms with Gasteiger partial charge in [-0.3, -0.25) is 9.97 Å². The van der Waals surface area contributed by atoms with E-state index < -0.39 is 82.4 Å². The molecule has 29 nitrogen and oxygen atoms in total. The average Bonchev–Trinajstić information content (AvgIpc) is 1.64. The van der Waals surface area contributed by atoms with E-state index in [4.69, 9.17) is 46.1 Å². The minimum atomic E-state index is -3.53. The van der Waals surface area contributed by atoms with Gasteiger partial charge in [0.2, 0.25) is 0 Å². The molecule has 0 bridgehead atoms. The predicted molar refractivity (Wildman–Crippen MR) is 444 cm³/mol. The number of nitrogens with zero attached hydrogens (tertiary/aromatic N) is 6. The molecule has 0 amide bonds. The van der Waals surface area contributed by atoms with Crippen molar-refractivity contribution in [2.24, 2.45) is 0 Å². The smallest absolute Gasteiger partial charge is 0.421 e. The molecule has 6 aromatic carbocycles. The first-order valence-corrected chi connectivity index (χ1v) is 43.0. The summed E-state index contributed by atoms with van der Waals surface area (Å²) in [5.41, 5.74) is 6.06. The Labute approximate surface area is 706 Å². The Bertz CT molecular complexity index is 6210. The summed E-state index contributed by atoms with van der Waals surface area (Å²) in [6.45, 7) is 6.65. The first-order chi connectivity index (χ1) is 55.7. The number of aliphatic hydroxyl groups is 1. The van der Waals surface area contributed by atoms with Crippen LogP contribution in [0.5, 0.6) is 34.5 Å². The van der Waals surface area contributed by atoms with Crippen LogP contribution in [0.4, 0.5) is 17.1 Å².